The monoisotopic (exact) mass is 391 g/mol. The molecule has 2 aromatic rings. The number of para-hydroxylation sites is 1. The van der Waals surface area contributed by atoms with Gasteiger partial charge in [0.15, 0.2) is 0 Å². The van der Waals surface area contributed by atoms with Gasteiger partial charge in [-0.2, -0.15) is 13.2 Å². The molecule has 1 heterocycles. The van der Waals surface area contributed by atoms with Crippen LogP contribution in [0.15, 0.2) is 54.6 Å². The van der Waals surface area contributed by atoms with Gasteiger partial charge < -0.3 is 10.6 Å². The maximum Gasteiger partial charge on any atom is 0.418 e. The van der Waals surface area contributed by atoms with Gasteiger partial charge in [-0.05, 0) is 24.6 Å². The van der Waals surface area contributed by atoms with Crippen molar-refractivity contribution in [1.29, 1.82) is 0 Å². The van der Waals surface area contributed by atoms with Gasteiger partial charge in [-0.1, -0.05) is 42.5 Å². The lowest BCUT2D eigenvalue weighted by Gasteiger charge is -2.22. The summed E-state index contributed by atoms with van der Waals surface area (Å²) in [6.45, 7) is 0.790. The first-order valence-electron chi connectivity index (χ1n) is 8.28. The van der Waals surface area contributed by atoms with E-state index in [1.54, 1.807) is 30.3 Å². The number of amides is 4. The Morgan fingerprint density at radius 3 is 2.32 bits per heavy atom. The van der Waals surface area contributed by atoms with Crippen LogP contribution in [-0.2, 0) is 21.3 Å². The number of halogens is 3. The molecule has 0 aliphatic carbocycles. The number of rotatable bonds is 4. The van der Waals surface area contributed by atoms with E-state index in [-0.39, 0.29) is 0 Å². The maximum absolute atomic E-state index is 13.0. The zero-order valence-electron chi connectivity index (χ0n) is 14.7. The van der Waals surface area contributed by atoms with Crippen molar-refractivity contribution in [2.24, 2.45) is 0 Å². The van der Waals surface area contributed by atoms with Crippen molar-refractivity contribution < 1.29 is 27.6 Å². The molecule has 146 valence electrons. The van der Waals surface area contributed by atoms with Crippen molar-refractivity contribution in [3.63, 3.8) is 0 Å². The standard InChI is InChI=1S/C19H16F3N3O3/c1-18(12-7-3-2-4-8-12)16(27)25(17(28)24-18)11-15(26)23-14-10-6-5-9-13(14)19(20,21)22/h2-10H,11H2,1H3,(H,23,26)(H,24,28)/t18-/m1/s1. The molecule has 9 heteroatoms. The average Bonchev–Trinajstić information content (AvgIpc) is 2.86. The van der Waals surface area contributed by atoms with E-state index in [4.69, 9.17) is 0 Å². The molecule has 1 aliphatic heterocycles. The lowest BCUT2D eigenvalue weighted by atomic mass is 9.92. The third kappa shape index (κ3) is 3.55. The Labute approximate surface area is 158 Å². The number of carbonyl (C=O) groups is 3. The lowest BCUT2D eigenvalue weighted by molar-refractivity contribution is -0.137. The number of hydrogen-bond donors (Lipinski definition) is 2. The molecule has 1 fully saturated rings. The van der Waals surface area contributed by atoms with Crippen LogP contribution in [0.5, 0.6) is 0 Å². The molecule has 1 saturated heterocycles. The number of carbonyl (C=O) groups excluding carboxylic acids is 3. The van der Waals surface area contributed by atoms with Gasteiger partial charge in [-0.25, -0.2) is 4.79 Å². The van der Waals surface area contributed by atoms with Gasteiger partial charge in [0.2, 0.25) is 5.91 Å². The minimum Gasteiger partial charge on any atom is -0.324 e. The first kappa shape index (κ1) is 19.4. The second-order valence-electron chi connectivity index (χ2n) is 6.40. The molecule has 4 amide bonds. The molecule has 1 atom stereocenters. The molecule has 0 radical (unpaired) electrons. The summed E-state index contributed by atoms with van der Waals surface area (Å²) in [5, 5.41) is 4.65. The topological polar surface area (TPSA) is 78.5 Å². The Hall–Kier alpha value is -3.36. The van der Waals surface area contributed by atoms with Gasteiger partial charge in [-0.15, -0.1) is 0 Å². The van der Waals surface area contributed by atoms with E-state index in [0.717, 1.165) is 12.1 Å². The minimum absolute atomic E-state index is 0.446. The fourth-order valence-electron chi connectivity index (χ4n) is 2.98. The summed E-state index contributed by atoms with van der Waals surface area (Å²) < 4.78 is 39.1. The van der Waals surface area contributed by atoms with Gasteiger partial charge in [0.25, 0.3) is 5.91 Å². The Morgan fingerprint density at radius 1 is 1.07 bits per heavy atom. The highest BCUT2D eigenvalue weighted by atomic mass is 19.4. The van der Waals surface area contributed by atoms with Crippen LogP contribution in [0.2, 0.25) is 0 Å². The lowest BCUT2D eigenvalue weighted by Crippen LogP contribution is -2.42. The first-order valence-corrected chi connectivity index (χ1v) is 8.28. The Morgan fingerprint density at radius 2 is 1.68 bits per heavy atom. The van der Waals surface area contributed by atoms with Crippen LogP contribution in [0.25, 0.3) is 0 Å². The van der Waals surface area contributed by atoms with E-state index in [1.165, 1.54) is 19.1 Å². The highest BCUT2D eigenvalue weighted by Crippen LogP contribution is 2.34. The molecular formula is C19H16F3N3O3. The molecule has 2 N–H and O–H groups in total. The molecule has 3 rings (SSSR count). The number of benzene rings is 2. The van der Waals surface area contributed by atoms with Crippen molar-refractivity contribution in [3.8, 4) is 0 Å². The quantitative estimate of drug-likeness (QED) is 0.787. The third-order valence-corrected chi connectivity index (χ3v) is 4.43. The number of urea groups is 1. The Balaban J connectivity index is 1.77. The van der Waals surface area contributed by atoms with Crippen LogP contribution in [0.1, 0.15) is 18.1 Å². The van der Waals surface area contributed by atoms with Crippen molar-refractivity contribution in [2.45, 2.75) is 18.6 Å². The molecule has 0 unspecified atom stereocenters. The van der Waals surface area contributed by atoms with Crippen molar-refractivity contribution >= 4 is 23.5 Å². The third-order valence-electron chi connectivity index (χ3n) is 4.43. The van der Waals surface area contributed by atoms with Crippen molar-refractivity contribution in [1.82, 2.24) is 10.2 Å². The fraction of sp³-hybridized carbons (Fsp3) is 0.211. The summed E-state index contributed by atoms with van der Waals surface area (Å²) in [5.74, 6) is -1.58. The van der Waals surface area contributed by atoms with Crippen LogP contribution in [0, 0.1) is 0 Å². The Kier molecular flexibility index (Phi) is 4.84. The summed E-state index contributed by atoms with van der Waals surface area (Å²) in [4.78, 5) is 37.9. The maximum atomic E-state index is 13.0. The normalized spacial score (nSPS) is 19.5. The van der Waals surface area contributed by atoms with Crippen LogP contribution < -0.4 is 10.6 Å². The van der Waals surface area contributed by atoms with Gasteiger partial charge in [0, 0.05) is 0 Å². The van der Waals surface area contributed by atoms with Gasteiger partial charge in [-0.3, -0.25) is 14.5 Å². The number of nitrogens with one attached hydrogen (secondary N) is 2. The van der Waals surface area contributed by atoms with Gasteiger partial charge >= 0.3 is 12.2 Å². The fourth-order valence-corrected chi connectivity index (χ4v) is 2.98. The first-order chi connectivity index (χ1) is 13.1. The molecular weight excluding hydrogens is 375 g/mol. The molecule has 6 nitrogen and oxygen atoms in total. The summed E-state index contributed by atoms with van der Waals surface area (Å²) >= 11 is 0. The van der Waals surface area contributed by atoms with Crippen molar-refractivity contribution in [3.05, 3.63) is 65.7 Å². The van der Waals surface area contributed by atoms with E-state index in [9.17, 15) is 27.6 Å². The predicted molar refractivity (Wildman–Crippen MR) is 94.1 cm³/mol. The number of anilines is 1. The van der Waals surface area contributed by atoms with E-state index in [2.05, 4.69) is 10.6 Å². The molecule has 0 spiro atoms. The van der Waals surface area contributed by atoms with Crippen LogP contribution in [-0.4, -0.2) is 29.3 Å². The molecule has 0 saturated carbocycles. The summed E-state index contributed by atoms with van der Waals surface area (Å²) in [5.41, 5.74) is -2.30. The molecule has 1 aliphatic rings. The number of alkyl halides is 3. The largest absolute Gasteiger partial charge is 0.418 e. The van der Waals surface area contributed by atoms with Gasteiger partial charge in [0.1, 0.15) is 12.1 Å². The van der Waals surface area contributed by atoms with E-state index < -0.39 is 47.4 Å². The molecule has 2 aromatic carbocycles. The number of hydrogen-bond acceptors (Lipinski definition) is 3. The minimum atomic E-state index is -4.66. The molecule has 0 aromatic heterocycles. The molecule has 0 bridgehead atoms. The van der Waals surface area contributed by atoms with Gasteiger partial charge in [0.05, 0.1) is 11.3 Å². The zero-order chi connectivity index (χ0) is 20.5. The zero-order valence-corrected chi connectivity index (χ0v) is 14.7. The van der Waals surface area contributed by atoms with Crippen molar-refractivity contribution in [2.75, 3.05) is 11.9 Å². The SMILES string of the molecule is C[C@]1(c2ccccc2)NC(=O)N(CC(=O)Nc2ccccc2C(F)(F)F)C1=O. The van der Waals surface area contributed by atoms with Crippen LogP contribution in [0.3, 0.4) is 0 Å². The Bertz CT molecular complexity index is 931. The smallest absolute Gasteiger partial charge is 0.324 e. The van der Waals surface area contributed by atoms with E-state index in [0.29, 0.717) is 10.5 Å². The summed E-state index contributed by atoms with van der Waals surface area (Å²) in [7, 11) is 0. The van der Waals surface area contributed by atoms with E-state index >= 15 is 0 Å². The predicted octanol–water partition coefficient (Wildman–Crippen LogP) is 3.11. The van der Waals surface area contributed by atoms with Crippen LogP contribution in [0.4, 0.5) is 23.7 Å². The summed E-state index contributed by atoms with van der Waals surface area (Å²) in [6.07, 6.45) is -4.66. The number of nitrogens with zero attached hydrogens (tertiary/aromatic N) is 1. The number of imide groups is 1. The second kappa shape index (κ2) is 6.99. The summed E-state index contributed by atoms with van der Waals surface area (Å²) in [6, 6.07) is 12.1. The highest BCUT2D eigenvalue weighted by molar-refractivity contribution is 6.10. The molecule has 28 heavy (non-hydrogen) atoms. The second-order valence-corrected chi connectivity index (χ2v) is 6.40. The highest BCUT2D eigenvalue weighted by Gasteiger charge is 2.49. The average molecular weight is 391 g/mol. The van der Waals surface area contributed by atoms with E-state index in [1.807, 2.05) is 0 Å². The van der Waals surface area contributed by atoms with Crippen LogP contribution >= 0.6 is 0 Å².